The number of rotatable bonds is 9. The van der Waals surface area contributed by atoms with Crippen LogP contribution in [-0.2, 0) is 17.5 Å². The van der Waals surface area contributed by atoms with E-state index in [0.29, 0.717) is 32.0 Å². The van der Waals surface area contributed by atoms with Crippen molar-refractivity contribution in [2.45, 2.75) is 38.1 Å². The van der Waals surface area contributed by atoms with Gasteiger partial charge in [0.2, 0.25) is 11.7 Å². The Morgan fingerprint density at radius 3 is 2.51 bits per heavy atom. The zero-order valence-corrected chi connectivity index (χ0v) is 19.1. The van der Waals surface area contributed by atoms with E-state index in [1.165, 1.54) is 4.90 Å². The standard InChI is InChI=1S/C22H27F5N6O2/c1-2-33(10-14-3-4-15(9-16(14)23)22(25,26)27)20-18(24)19(30-13-31-20)29-12-21(35)5-7-32(8-6-21)11-17(28)34/h3-4,9,13,35H,2,5-8,10-12H2,1H3,(H2,28,34)(H,29,30,31). The lowest BCUT2D eigenvalue weighted by atomic mass is 9.91. The summed E-state index contributed by atoms with van der Waals surface area (Å²) in [4.78, 5) is 22.1. The van der Waals surface area contributed by atoms with Gasteiger partial charge in [0.25, 0.3) is 0 Å². The summed E-state index contributed by atoms with van der Waals surface area (Å²) in [5.41, 5.74) is 2.88. The van der Waals surface area contributed by atoms with Crippen molar-refractivity contribution in [3.8, 4) is 0 Å². The van der Waals surface area contributed by atoms with Crippen LogP contribution in [0.25, 0.3) is 0 Å². The molecule has 0 aliphatic carbocycles. The van der Waals surface area contributed by atoms with E-state index in [9.17, 15) is 27.5 Å². The van der Waals surface area contributed by atoms with Gasteiger partial charge >= 0.3 is 6.18 Å². The molecule has 0 spiro atoms. The number of aromatic nitrogens is 2. The van der Waals surface area contributed by atoms with E-state index in [-0.39, 0.29) is 43.4 Å². The average Bonchev–Trinajstić information content (AvgIpc) is 2.79. The summed E-state index contributed by atoms with van der Waals surface area (Å²) < 4.78 is 67.9. The molecule has 1 saturated heterocycles. The number of hydrogen-bond donors (Lipinski definition) is 3. The molecule has 0 bridgehead atoms. The van der Waals surface area contributed by atoms with Crippen molar-refractivity contribution >= 4 is 17.5 Å². The van der Waals surface area contributed by atoms with Gasteiger partial charge in [-0.3, -0.25) is 9.69 Å². The lowest BCUT2D eigenvalue weighted by Crippen LogP contribution is -2.50. The molecular weight excluding hydrogens is 475 g/mol. The van der Waals surface area contributed by atoms with Gasteiger partial charge in [-0.2, -0.15) is 17.6 Å². The second-order valence-corrected chi connectivity index (χ2v) is 8.50. The second kappa shape index (κ2) is 10.7. The summed E-state index contributed by atoms with van der Waals surface area (Å²) in [6, 6.07) is 2.19. The molecule has 0 unspecified atom stereocenters. The molecule has 3 rings (SSSR count). The number of alkyl halides is 3. The summed E-state index contributed by atoms with van der Waals surface area (Å²) in [6.45, 7) is 2.62. The Labute approximate surface area is 198 Å². The largest absolute Gasteiger partial charge is 0.416 e. The number of nitrogens with one attached hydrogen (secondary N) is 1. The van der Waals surface area contributed by atoms with Crippen LogP contribution in [0, 0.1) is 11.6 Å². The number of aliphatic hydroxyl groups is 1. The summed E-state index contributed by atoms with van der Waals surface area (Å²) in [5.74, 6) is -2.69. The van der Waals surface area contributed by atoms with Gasteiger partial charge in [-0.1, -0.05) is 6.07 Å². The number of halogens is 5. The van der Waals surface area contributed by atoms with Gasteiger partial charge in [0, 0.05) is 38.3 Å². The molecule has 0 atom stereocenters. The minimum Gasteiger partial charge on any atom is -0.388 e. The van der Waals surface area contributed by atoms with E-state index in [0.717, 1.165) is 18.5 Å². The van der Waals surface area contributed by atoms with Gasteiger partial charge in [0.15, 0.2) is 11.6 Å². The molecular formula is C22H27F5N6O2. The summed E-state index contributed by atoms with van der Waals surface area (Å²) in [7, 11) is 0. The summed E-state index contributed by atoms with van der Waals surface area (Å²) in [6.07, 6.45) is -2.90. The highest BCUT2D eigenvalue weighted by Gasteiger charge is 2.33. The van der Waals surface area contributed by atoms with Crippen LogP contribution in [0.2, 0.25) is 0 Å². The molecule has 0 saturated carbocycles. The third-order valence-electron chi connectivity index (χ3n) is 5.95. The Kier molecular flexibility index (Phi) is 8.11. The minimum absolute atomic E-state index is 0.00948. The highest BCUT2D eigenvalue weighted by atomic mass is 19.4. The van der Waals surface area contributed by atoms with Gasteiger partial charge < -0.3 is 21.1 Å². The molecule has 1 amide bonds. The van der Waals surface area contributed by atoms with Gasteiger partial charge in [-0.15, -0.1) is 0 Å². The molecule has 4 N–H and O–H groups in total. The van der Waals surface area contributed by atoms with Crippen molar-refractivity contribution in [3.63, 3.8) is 0 Å². The second-order valence-electron chi connectivity index (χ2n) is 8.50. The van der Waals surface area contributed by atoms with Gasteiger partial charge in [0.05, 0.1) is 17.7 Å². The molecule has 1 aromatic heterocycles. The first-order chi connectivity index (χ1) is 16.4. The number of anilines is 2. The third-order valence-corrected chi connectivity index (χ3v) is 5.95. The van der Waals surface area contributed by atoms with Crippen molar-refractivity contribution in [2.24, 2.45) is 5.73 Å². The third kappa shape index (κ3) is 6.75. The quantitative estimate of drug-likeness (QED) is 0.453. The van der Waals surface area contributed by atoms with Crippen LogP contribution in [0.15, 0.2) is 24.5 Å². The summed E-state index contributed by atoms with van der Waals surface area (Å²) >= 11 is 0. The molecule has 1 aromatic carbocycles. The average molecular weight is 502 g/mol. The van der Waals surface area contributed by atoms with Crippen molar-refractivity contribution in [3.05, 3.63) is 47.3 Å². The zero-order valence-electron chi connectivity index (χ0n) is 19.1. The number of nitrogens with two attached hydrogens (primary N) is 1. The van der Waals surface area contributed by atoms with Crippen molar-refractivity contribution < 1.29 is 31.9 Å². The fourth-order valence-corrected chi connectivity index (χ4v) is 3.87. The number of carbonyl (C=O) groups is 1. The van der Waals surface area contributed by atoms with Crippen LogP contribution in [0.5, 0.6) is 0 Å². The Hall–Kier alpha value is -3.06. The summed E-state index contributed by atoms with van der Waals surface area (Å²) in [5, 5.41) is 13.6. The van der Waals surface area contributed by atoms with Crippen molar-refractivity contribution in [1.82, 2.24) is 14.9 Å². The number of amides is 1. The van der Waals surface area contributed by atoms with E-state index in [1.807, 2.05) is 4.90 Å². The number of likely N-dealkylation sites (tertiary alicyclic amines) is 1. The Bertz CT molecular complexity index is 1040. The Morgan fingerprint density at radius 1 is 1.26 bits per heavy atom. The molecule has 1 aliphatic heterocycles. The van der Waals surface area contributed by atoms with Gasteiger partial charge in [-0.05, 0) is 31.9 Å². The Morgan fingerprint density at radius 2 is 1.94 bits per heavy atom. The molecule has 192 valence electrons. The van der Waals surface area contributed by atoms with E-state index in [2.05, 4.69) is 15.3 Å². The molecule has 13 heteroatoms. The maximum atomic E-state index is 15.2. The van der Waals surface area contributed by atoms with E-state index in [1.54, 1.807) is 6.92 Å². The van der Waals surface area contributed by atoms with Crippen LogP contribution in [0.3, 0.4) is 0 Å². The number of hydrogen-bond acceptors (Lipinski definition) is 7. The highest BCUT2D eigenvalue weighted by Crippen LogP contribution is 2.31. The monoisotopic (exact) mass is 502 g/mol. The number of piperidine rings is 1. The topological polar surface area (TPSA) is 108 Å². The van der Waals surface area contributed by atoms with Gasteiger partial charge in [-0.25, -0.2) is 14.4 Å². The van der Waals surface area contributed by atoms with Gasteiger partial charge in [0.1, 0.15) is 12.1 Å². The fourth-order valence-electron chi connectivity index (χ4n) is 3.87. The molecule has 1 aliphatic rings. The smallest absolute Gasteiger partial charge is 0.388 e. The lowest BCUT2D eigenvalue weighted by Gasteiger charge is -2.37. The first-order valence-electron chi connectivity index (χ1n) is 11.0. The van der Waals surface area contributed by atoms with Crippen molar-refractivity contribution in [1.29, 1.82) is 0 Å². The molecule has 2 heterocycles. The number of primary amides is 1. The molecule has 8 nitrogen and oxygen atoms in total. The van der Waals surface area contributed by atoms with Crippen LogP contribution in [0.4, 0.5) is 33.6 Å². The van der Waals surface area contributed by atoms with E-state index >= 15 is 4.39 Å². The molecule has 1 fully saturated rings. The van der Waals surface area contributed by atoms with Crippen LogP contribution < -0.4 is 16.0 Å². The molecule has 2 aromatic rings. The molecule has 35 heavy (non-hydrogen) atoms. The number of nitrogens with zero attached hydrogens (tertiary/aromatic N) is 4. The zero-order chi connectivity index (χ0) is 25.8. The van der Waals surface area contributed by atoms with Crippen LogP contribution in [-0.4, -0.2) is 64.2 Å². The van der Waals surface area contributed by atoms with Crippen LogP contribution in [0.1, 0.15) is 30.9 Å². The first-order valence-corrected chi connectivity index (χ1v) is 11.0. The SMILES string of the molecule is CCN(Cc1ccc(C(F)(F)F)cc1F)c1ncnc(NCC2(O)CCN(CC(N)=O)CC2)c1F. The molecule has 0 radical (unpaired) electrons. The lowest BCUT2D eigenvalue weighted by molar-refractivity contribution is -0.137. The predicted octanol–water partition coefficient (Wildman–Crippen LogP) is 2.52. The predicted molar refractivity (Wildman–Crippen MR) is 118 cm³/mol. The minimum atomic E-state index is -4.67. The first kappa shape index (κ1) is 26.5. The number of carbonyl (C=O) groups excluding carboxylic acids is 1. The maximum absolute atomic E-state index is 15.2. The highest BCUT2D eigenvalue weighted by molar-refractivity contribution is 5.75. The normalized spacial score (nSPS) is 16.2. The van der Waals surface area contributed by atoms with E-state index < -0.39 is 34.9 Å². The van der Waals surface area contributed by atoms with Crippen molar-refractivity contribution in [2.75, 3.05) is 42.9 Å². The Balaban J connectivity index is 1.69. The number of benzene rings is 1. The maximum Gasteiger partial charge on any atom is 0.416 e. The van der Waals surface area contributed by atoms with Crippen LogP contribution >= 0.6 is 0 Å². The fraction of sp³-hybridized carbons (Fsp3) is 0.500. The van der Waals surface area contributed by atoms with E-state index in [4.69, 9.17) is 5.73 Å².